The Kier molecular flexibility index (Phi) is 6.39. The molecule has 1 N–H and O–H groups in total. The number of aliphatic hydroxyl groups is 1. The van der Waals surface area contributed by atoms with Gasteiger partial charge in [-0.3, -0.25) is 4.79 Å². The number of aldehydes is 1. The fraction of sp³-hybridized carbons (Fsp3) is 0.444. The Bertz CT molecular complexity index is 157. The minimum absolute atomic E-state index is 0.172. The van der Waals surface area contributed by atoms with E-state index in [1.54, 1.807) is 6.08 Å². The van der Waals surface area contributed by atoms with Crippen LogP contribution in [0.3, 0.4) is 0 Å². The fourth-order valence-electron chi connectivity index (χ4n) is 0.660. The minimum atomic E-state index is 0.172. The molecule has 0 amide bonds. The lowest BCUT2D eigenvalue weighted by Crippen LogP contribution is -1.75. The van der Waals surface area contributed by atoms with E-state index in [4.69, 9.17) is 5.11 Å². The van der Waals surface area contributed by atoms with Gasteiger partial charge in [0.05, 0.1) is 0 Å². The van der Waals surface area contributed by atoms with E-state index in [2.05, 4.69) is 6.92 Å². The Morgan fingerprint density at radius 2 is 2.27 bits per heavy atom. The van der Waals surface area contributed by atoms with Gasteiger partial charge in [-0.2, -0.15) is 0 Å². The summed E-state index contributed by atoms with van der Waals surface area (Å²) in [6.45, 7) is 2.09. The topological polar surface area (TPSA) is 37.3 Å². The van der Waals surface area contributed by atoms with Crippen LogP contribution in [0.1, 0.15) is 26.2 Å². The largest absolute Gasteiger partial charge is 0.508 e. The quantitative estimate of drug-likeness (QED) is 0.217. The molecular weight excluding hydrogens is 140 g/mol. The van der Waals surface area contributed by atoms with Crippen molar-refractivity contribution in [1.82, 2.24) is 0 Å². The summed E-state index contributed by atoms with van der Waals surface area (Å²) in [6, 6.07) is 0. The van der Waals surface area contributed by atoms with Gasteiger partial charge >= 0.3 is 0 Å². The van der Waals surface area contributed by atoms with E-state index in [0.29, 0.717) is 6.29 Å². The first kappa shape index (κ1) is 9.95. The molecule has 0 aliphatic rings. The summed E-state index contributed by atoms with van der Waals surface area (Å²) in [5.41, 5.74) is 0. The Labute approximate surface area is 67.2 Å². The highest BCUT2D eigenvalue weighted by Crippen LogP contribution is 1.99. The van der Waals surface area contributed by atoms with Crippen molar-refractivity contribution in [3.8, 4) is 0 Å². The minimum Gasteiger partial charge on any atom is -0.508 e. The standard InChI is InChI=1S/C9H14O2/c1-2-3-4-6-9(11)7-5-8-10/h5-8,11H,2-4H2,1H3/b7-5+,9-6-. The highest BCUT2D eigenvalue weighted by Gasteiger charge is 1.84. The van der Waals surface area contributed by atoms with Crippen LogP contribution in [-0.4, -0.2) is 11.4 Å². The Morgan fingerprint density at radius 1 is 1.55 bits per heavy atom. The lowest BCUT2D eigenvalue weighted by Gasteiger charge is -1.90. The Morgan fingerprint density at radius 3 is 2.82 bits per heavy atom. The zero-order valence-corrected chi connectivity index (χ0v) is 6.79. The van der Waals surface area contributed by atoms with E-state index in [1.165, 1.54) is 12.2 Å². The van der Waals surface area contributed by atoms with Crippen molar-refractivity contribution in [3.63, 3.8) is 0 Å². The highest BCUT2D eigenvalue weighted by molar-refractivity contribution is 5.65. The average Bonchev–Trinajstić information content (AvgIpc) is 2.01. The molecule has 0 atom stereocenters. The molecule has 0 saturated carbocycles. The fourth-order valence-corrected chi connectivity index (χ4v) is 0.660. The molecule has 62 valence electrons. The lowest BCUT2D eigenvalue weighted by atomic mass is 10.2. The van der Waals surface area contributed by atoms with Crippen LogP contribution in [-0.2, 0) is 4.79 Å². The molecule has 0 unspecified atom stereocenters. The van der Waals surface area contributed by atoms with Gasteiger partial charge in [0, 0.05) is 0 Å². The van der Waals surface area contributed by atoms with Crippen LogP contribution in [0.4, 0.5) is 0 Å². The zero-order chi connectivity index (χ0) is 8.53. The monoisotopic (exact) mass is 154 g/mol. The van der Waals surface area contributed by atoms with Gasteiger partial charge < -0.3 is 5.11 Å². The summed E-state index contributed by atoms with van der Waals surface area (Å²) in [5.74, 6) is 0.172. The van der Waals surface area contributed by atoms with Crippen molar-refractivity contribution in [2.45, 2.75) is 26.2 Å². The lowest BCUT2D eigenvalue weighted by molar-refractivity contribution is -0.104. The predicted molar refractivity (Wildman–Crippen MR) is 45.4 cm³/mol. The number of unbranched alkanes of at least 4 members (excludes halogenated alkanes) is 2. The summed E-state index contributed by atoms with van der Waals surface area (Å²) in [7, 11) is 0. The number of aliphatic hydroxyl groups excluding tert-OH is 1. The molecule has 0 aromatic heterocycles. The van der Waals surface area contributed by atoms with Crippen LogP contribution < -0.4 is 0 Å². The summed E-state index contributed by atoms with van der Waals surface area (Å²) < 4.78 is 0. The van der Waals surface area contributed by atoms with E-state index in [1.807, 2.05) is 0 Å². The predicted octanol–water partition coefficient (Wildman–Crippen LogP) is 2.37. The highest BCUT2D eigenvalue weighted by atomic mass is 16.3. The molecule has 2 heteroatoms. The molecule has 11 heavy (non-hydrogen) atoms. The summed E-state index contributed by atoms with van der Waals surface area (Å²) in [4.78, 5) is 9.81. The van der Waals surface area contributed by atoms with Gasteiger partial charge in [-0.25, -0.2) is 0 Å². The normalized spacial score (nSPS) is 12.3. The molecule has 0 spiro atoms. The van der Waals surface area contributed by atoms with E-state index >= 15 is 0 Å². The van der Waals surface area contributed by atoms with Crippen molar-refractivity contribution in [2.24, 2.45) is 0 Å². The van der Waals surface area contributed by atoms with Crippen LogP contribution >= 0.6 is 0 Å². The third kappa shape index (κ3) is 6.84. The first-order valence-corrected chi connectivity index (χ1v) is 3.82. The molecule has 0 radical (unpaired) electrons. The van der Waals surface area contributed by atoms with Gasteiger partial charge in [-0.1, -0.05) is 13.3 Å². The third-order valence-corrected chi connectivity index (χ3v) is 1.26. The molecule has 0 fully saturated rings. The maximum atomic E-state index is 9.81. The summed E-state index contributed by atoms with van der Waals surface area (Å²) in [6.07, 6.45) is 8.07. The van der Waals surface area contributed by atoms with Gasteiger partial charge in [-0.05, 0) is 31.1 Å². The van der Waals surface area contributed by atoms with E-state index in [9.17, 15) is 4.79 Å². The van der Waals surface area contributed by atoms with Crippen LogP contribution in [0, 0.1) is 0 Å². The zero-order valence-electron chi connectivity index (χ0n) is 6.79. The van der Waals surface area contributed by atoms with Crippen LogP contribution in [0.25, 0.3) is 0 Å². The molecule has 0 aromatic carbocycles. The molecule has 0 heterocycles. The second-order valence-corrected chi connectivity index (χ2v) is 2.27. The van der Waals surface area contributed by atoms with Crippen molar-refractivity contribution < 1.29 is 9.90 Å². The van der Waals surface area contributed by atoms with Crippen molar-refractivity contribution >= 4 is 6.29 Å². The van der Waals surface area contributed by atoms with Gasteiger partial charge in [0.25, 0.3) is 0 Å². The van der Waals surface area contributed by atoms with Gasteiger partial charge in [0.15, 0.2) is 0 Å². The molecule has 0 aromatic rings. The first-order chi connectivity index (χ1) is 5.31. The molecule has 0 bridgehead atoms. The molecular formula is C9H14O2. The summed E-state index contributed by atoms with van der Waals surface area (Å²) in [5, 5.41) is 9.02. The van der Waals surface area contributed by atoms with Crippen molar-refractivity contribution in [1.29, 1.82) is 0 Å². The molecule has 0 aliphatic heterocycles. The van der Waals surface area contributed by atoms with Crippen LogP contribution in [0.15, 0.2) is 24.0 Å². The average molecular weight is 154 g/mol. The molecule has 2 nitrogen and oxygen atoms in total. The van der Waals surface area contributed by atoms with E-state index in [-0.39, 0.29) is 5.76 Å². The number of carbonyl (C=O) groups is 1. The maximum absolute atomic E-state index is 9.81. The Hall–Kier alpha value is -1.05. The first-order valence-electron chi connectivity index (χ1n) is 3.82. The van der Waals surface area contributed by atoms with Crippen LogP contribution in [0.5, 0.6) is 0 Å². The Balaban J connectivity index is 3.62. The van der Waals surface area contributed by atoms with Crippen LogP contribution in [0.2, 0.25) is 0 Å². The number of hydrogen-bond acceptors (Lipinski definition) is 2. The molecule has 0 rings (SSSR count). The second kappa shape index (κ2) is 7.06. The number of rotatable bonds is 5. The SMILES string of the molecule is CCCC/C=C(O)/C=C/C=O. The van der Waals surface area contributed by atoms with Crippen molar-refractivity contribution in [3.05, 3.63) is 24.0 Å². The molecule has 0 aliphatic carbocycles. The smallest absolute Gasteiger partial charge is 0.142 e. The third-order valence-electron chi connectivity index (χ3n) is 1.26. The number of allylic oxidation sites excluding steroid dienone is 3. The van der Waals surface area contributed by atoms with Gasteiger partial charge in [0.1, 0.15) is 12.0 Å². The summed E-state index contributed by atoms with van der Waals surface area (Å²) >= 11 is 0. The number of hydrogen-bond donors (Lipinski definition) is 1. The van der Waals surface area contributed by atoms with E-state index < -0.39 is 0 Å². The number of carbonyl (C=O) groups excluding carboxylic acids is 1. The second-order valence-electron chi connectivity index (χ2n) is 2.27. The van der Waals surface area contributed by atoms with Gasteiger partial charge in [-0.15, -0.1) is 0 Å². The maximum Gasteiger partial charge on any atom is 0.142 e. The molecule has 0 saturated heterocycles. The van der Waals surface area contributed by atoms with E-state index in [0.717, 1.165) is 19.3 Å². The van der Waals surface area contributed by atoms with Crippen molar-refractivity contribution in [2.75, 3.05) is 0 Å². The van der Waals surface area contributed by atoms with Gasteiger partial charge in [0.2, 0.25) is 0 Å².